The standard InChI is InChI=1S/C9H5BrFIO2/c10-6-4-7(11)5(3-8(6)12)1-2-9(13)14/h1-4H,(H,13,14)/b2-1+. The molecule has 0 bridgehead atoms. The molecule has 14 heavy (non-hydrogen) atoms. The summed E-state index contributed by atoms with van der Waals surface area (Å²) in [4.78, 5) is 10.2. The van der Waals surface area contributed by atoms with Gasteiger partial charge in [0.25, 0.3) is 0 Å². The molecule has 0 amide bonds. The fourth-order valence-corrected chi connectivity index (χ4v) is 1.63. The third-order valence-electron chi connectivity index (χ3n) is 1.45. The summed E-state index contributed by atoms with van der Waals surface area (Å²) in [6, 6.07) is 2.88. The van der Waals surface area contributed by atoms with Gasteiger partial charge in [-0.1, -0.05) is 0 Å². The Bertz CT molecular complexity index is 404. The fourth-order valence-electron chi connectivity index (χ4n) is 0.827. The summed E-state index contributed by atoms with van der Waals surface area (Å²) in [5, 5.41) is 8.37. The molecular weight excluding hydrogens is 366 g/mol. The molecule has 0 spiro atoms. The molecule has 1 aromatic rings. The molecule has 0 saturated heterocycles. The number of halogens is 3. The van der Waals surface area contributed by atoms with Crippen molar-refractivity contribution in [2.45, 2.75) is 0 Å². The second kappa shape index (κ2) is 4.88. The maximum absolute atomic E-state index is 13.2. The van der Waals surface area contributed by atoms with Crippen LogP contribution in [0.25, 0.3) is 6.08 Å². The van der Waals surface area contributed by atoms with Gasteiger partial charge in [0, 0.05) is 19.7 Å². The first-order chi connectivity index (χ1) is 6.50. The topological polar surface area (TPSA) is 37.3 Å². The molecule has 0 aliphatic heterocycles. The van der Waals surface area contributed by atoms with Crippen LogP contribution in [0.4, 0.5) is 4.39 Å². The van der Waals surface area contributed by atoms with E-state index in [1.807, 2.05) is 22.6 Å². The van der Waals surface area contributed by atoms with Crippen molar-refractivity contribution in [2.75, 3.05) is 0 Å². The fraction of sp³-hybridized carbons (Fsp3) is 0. The van der Waals surface area contributed by atoms with Gasteiger partial charge in [0.2, 0.25) is 0 Å². The lowest BCUT2D eigenvalue weighted by Crippen LogP contribution is -1.89. The van der Waals surface area contributed by atoms with Gasteiger partial charge < -0.3 is 5.11 Å². The second-order valence-corrected chi connectivity index (χ2v) is 4.48. The Morgan fingerprint density at radius 1 is 1.57 bits per heavy atom. The van der Waals surface area contributed by atoms with Crippen molar-refractivity contribution >= 4 is 50.6 Å². The predicted octanol–water partition coefficient (Wildman–Crippen LogP) is 3.29. The highest BCUT2D eigenvalue weighted by Gasteiger charge is 2.04. The summed E-state index contributed by atoms with van der Waals surface area (Å²) in [6.07, 6.45) is 2.13. The Kier molecular flexibility index (Phi) is 4.06. The molecule has 1 aromatic carbocycles. The van der Waals surface area contributed by atoms with E-state index in [-0.39, 0.29) is 5.56 Å². The van der Waals surface area contributed by atoms with E-state index in [0.29, 0.717) is 4.47 Å². The van der Waals surface area contributed by atoms with E-state index in [1.54, 1.807) is 6.07 Å². The van der Waals surface area contributed by atoms with Crippen molar-refractivity contribution in [3.8, 4) is 0 Å². The lowest BCUT2D eigenvalue weighted by Gasteiger charge is -2.00. The number of aliphatic carboxylic acids is 1. The minimum absolute atomic E-state index is 0.264. The molecular formula is C9H5BrFIO2. The number of carboxylic acid groups (broad SMARTS) is 1. The monoisotopic (exact) mass is 370 g/mol. The van der Waals surface area contributed by atoms with Crippen molar-refractivity contribution < 1.29 is 14.3 Å². The van der Waals surface area contributed by atoms with Crippen LogP contribution in [0, 0.1) is 9.39 Å². The molecule has 0 aromatic heterocycles. The van der Waals surface area contributed by atoms with Crippen molar-refractivity contribution in [1.82, 2.24) is 0 Å². The molecule has 0 radical (unpaired) electrons. The largest absolute Gasteiger partial charge is 0.478 e. The first-order valence-corrected chi connectivity index (χ1v) is 5.43. The summed E-state index contributed by atoms with van der Waals surface area (Å²) < 4.78 is 14.7. The zero-order valence-electron chi connectivity index (χ0n) is 6.80. The SMILES string of the molecule is O=C(O)/C=C/c1cc(I)c(Br)cc1F. The summed E-state index contributed by atoms with van der Waals surface area (Å²) in [6.45, 7) is 0. The number of hydrogen-bond donors (Lipinski definition) is 1. The zero-order chi connectivity index (χ0) is 10.7. The Labute approximate surface area is 102 Å². The highest BCUT2D eigenvalue weighted by molar-refractivity contribution is 14.1. The van der Waals surface area contributed by atoms with Crippen LogP contribution >= 0.6 is 38.5 Å². The van der Waals surface area contributed by atoms with Crippen molar-refractivity contribution in [2.24, 2.45) is 0 Å². The van der Waals surface area contributed by atoms with Gasteiger partial charge >= 0.3 is 5.97 Å². The van der Waals surface area contributed by atoms with Gasteiger partial charge in [-0.25, -0.2) is 9.18 Å². The molecule has 1 N–H and O–H groups in total. The molecule has 0 aliphatic carbocycles. The van der Waals surface area contributed by atoms with Crippen LogP contribution in [0.1, 0.15) is 5.56 Å². The van der Waals surface area contributed by atoms with E-state index in [2.05, 4.69) is 15.9 Å². The second-order valence-electron chi connectivity index (χ2n) is 2.46. The third-order valence-corrected chi connectivity index (χ3v) is 3.73. The Hall–Kier alpha value is -0.430. The van der Waals surface area contributed by atoms with Crippen LogP contribution in [0.5, 0.6) is 0 Å². The van der Waals surface area contributed by atoms with E-state index < -0.39 is 11.8 Å². The smallest absolute Gasteiger partial charge is 0.328 e. The van der Waals surface area contributed by atoms with Crippen LogP contribution in [-0.4, -0.2) is 11.1 Å². The van der Waals surface area contributed by atoms with E-state index in [9.17, 15) is 9.18 Å². The Balaban J connectivity index is 3.10. The normalized spacial score (nSPS) is 10.8. The number of hydrogen-bond acceptors (Lipinski definition) is 1. The molecule has 5 heteroatoms. The van der Waals surface area contributed by atoms with E-state index in [1.165, 1.54) is 12.1 Å². The zero-order valence-corrected chi connectivity index (χ0v) is 10.5. The van der Waals surface area contributed by atoms with Crippen LogP contribution in [-0.2, 0) is 4.79 Å². The van der Waals surface area contributed by atoms with Crippen LogP contribution in [0.3, 0.4) is 0 Å². The van der Waals surface area contributed by atoms with Gasteiger partial charge in [0.05, 0.1) is 0 Å². The highest BCUT2D eigenvalue weighted by Crippen LogP contribution is 2.23. The van der Waals surface area contributed by atoms with Gasteiger partial charge in [-0.15, -0.1) is 0 Å². The molecule has 0 saturated carbocycles. The van der Waals surface area contributed by atoms with Gasteiger partial charge in [-0.05, 0) is 56.7 Å². The summed E-state index contributed by atoms with van der Waals surface area (Å²) in [5.41, 5.74) is 0.264. The van der Waals surface area contributed by atoms with Crippen LogP contribution in [0.15, 0.2) is 22.7 Å². The van der Waals surface area contributed by atoms with E-state index in [4.69, 9.17) is 5.11 Å². The van der Waals surface area contributed by atoms with Gasteiger partial charge in [-0.3, -0.25) is 0 Å². The first-order valence-electron chi connectivity index (χ1n) is 3.56. The first kappa shape index (κ1) is 11.6. The third kappa shape index (κ3) is 3.06. The number of carbonyl (C=O) groups is 1. The highest BCUT2D eigenvalue weighted by atomic mass is 127. The molecule has 2 nitrogen and oxygen atoms in total. The van der Waals surface area contributed by atoms with Crippen molar-refractivity contribution in [3.63, 3.8) is 0 Å². The van der Waals surface area contributed by atoms with Crippen molar-refractivity contribution in [3.05, 3.63) is 37.6 Å². The molecule has 0 atom stereocenters. The number of rotatable bonds is 2. The van der Waals surface area contributed by atoms with Gasteiger partial charge in [0.15, 0.2) is 0 Å². The lowest BCUT2D eigenvalue weighted by molar-refractivity contribution is -0.131. The van der Waals surface area contributed by atoms with Crippen LogP contribution in [0.2, 0.25) is 0 Å². The maximum atomic E-state index is 13.2. The molecule has 0 fully saturated rings. The maximum Gasteiger partial charge on any atom is 0.328 e. The minimum Gasteiger partial charge on any atom is -0.478 e. The Morgan fingerprint density at radius 2 is 2.21 bits per heavy atom. The summed E-state index contributed by atoms with van der Waals surface area (Å²) in [5.74, 6) is -1.54. The minimum atomic E-state index is -1.10. The average Bonchev–Trinajstić information content (AvgIpc) is 2.09. The molecule has 74 valence electrons. The number of carboxylic acids is 1. The molecule has 0 heterocycles. The molecule has 1 rings (SSSR count). The average molecular weight is 371 g/mol. The van der Waals surface area contributed by atoms with E-state index in [0.717, 1.165) is 9.65 Å². The van der Waals surface area contributed by atoms with Crippen LogP contribution < -0.4 is 0 Å². The predicted molar refractivity (Wildman–Crippen MR) is 63.5 cm³/mol. The van der Waals surface area contributed by atoms with Gasteiger partial charge in [0.1, 0.15) is 5.82 Å². The lowest BCUT2D eigenvalue weighted by atomic mass is 10.2. The van der Waals surface area contributed by atoms with Gasteiger partial charge in [-0.2, -0.15) is 0 Å². The van der Waals surface area contributed by atoms with E-state index >= 15 is 0 Å². The summed E-state index contributed by atoms with van der Waals surface area (Å²) in [7, 11) is 0. The number of benzene rings is 1. The van der Waals surface area contributed by atoms with Crippen molar-refractivity contribution in [1.29, 1.82) is 0 Å². The Morgan fingerprint density at radius 3 is 2.79 bits per heavy atom. The molecule has 0 unspecified atom stereocenters. The molecule has 0 aliphatic rings. The quantitative estimate of drug-likeness (QED) is 0.492. The summed E-state index contributed by atoms with van der Waals surface area (Å²) >= 11 is 5.20.